The quantitative estimate of drug-likeness (QED) is 0.830. The van der Waals surface area contributed by atoms with Crippen LogP contribution in [0.25, 0.3) is 11.4 Å². The number of hydrogen-bond donors (Lipinski definition) is 1. The number of aromatic amines is 1. The number of nitrogens with zero attached hydrogens (tertiary/aromatic N) is 2. The third-order valence-electron chi connectivity index (χ3n) is 2.21. The predicted octanol–water partition coefficient (Wildman–Crippen LogP) is 2.04. The van der Waals surface area contributed by atoms with Crippen LogP contribution >= 0.6 is 0 Å². The Morgan fingerprint density at radius 3 is 2.80 bits per heavy atom. The van der Waals surface area contributed by atoms with Crippen LogP contribution in [0.2, 0.25) is 0 Å². The molecular formula is C11H13N3O. The van der Waals surface area contributed by atoms with Gasteiger partial charge in [-0.3, -0.25) is 5.10 Å². The van der Waals surface area contributed by atoms with E-state index in [9.17, 15) is 0 Å². The Morgan fingerprint density at radius 2 is 2.13 bits per heavy atom. The number of hydrogen-bond acceptors (Lipinski definition) is 3. The number of nitrogens with one attached hydrogen (secondary N) is 1. The van der Waals surface area contributed by atoms with E-state index in [2.05, 4.69) is 15.2 Å². The molecule has 1 N–H and O–H groups in total. The van der Waals surface area contributed by atoms with Gasteiger partial charge in [-0.25, -0.2) is 4.98 Å². The third-order valence-corrected chi connectivity index (χ3v) is 2.21. The van der Waals surface area contributed by atoms with Gasteiger partial charge in [-0.05, 0) is 12.1 Å². The Bertz CT molecular complexity index is 451. The maximum Gasteiger partial charge on any atom is 0.184 e. The van der Waals surface area contributed by atoms with E-state index in [1.807, 2.05) is 31.2 Å². The van der Waals surface area contributed by atoms with Crippen LogP contribution in [0.4, 0.5) is 0 Å². The molecule has 0 aliphatic carbocycles. The standard InChI is InChI=1S/C11H13N3O/c1-3-10-12-11(14-13-10)8-6-4-5-7-9(8)15-2/h4-7H,3H2,1-2H3,(H,12,13,14). The molecule has 1 heterocycles. The summed E-state index contributed by atoms with van der Waals surface area (Å²) in [5.41, 5.74) is 0.913. The summed E-state index contributed by atoms with van der Waals surface area (Å²) in [6.45, 7) is 2.03. The van der Waals surface area contributed by atoms with E-state index >= 15 is 0 Å². The molecule has 2 rings (SSSR count). The number of aryl methyl sites for hydroxylation is 1. The van der Waals surface area contributed by atoms with Crippen molar-refractivity contribution in [3.05, 3.63) is 30.1 Å². The highest BCUT2D eigenvalue weighted by atomic mass is 16.5. The maximum absolute atomic E-state index is 5.25. The summed E-state index contributed by atoms with van der Waals surface area (Å²) in [5.74, 6) is 2.36. The van der Waals surface area contributed by atoms with E-state index in [0.29, 0.717) is 5.82 Å². The molecule has 0 aliphatic heterocycles. The lowest BCUT2D eigenvalue weighted by atomic mass is 10.2. The van der Waals surface area contributed by atoms with Crippen LogP contribution in [-0.4, -0.2) is 22.3 Å². The van der Waals surface area contributed by atoms with Crippen LogP contribution in [0.5, 0.6) is 5.75 Å². The molecule has 0 radical (unpaired) electrons. The Balaban J connectivity index is 2.44. The zero-order valence-electron chi connectivity index (χ0n) is 8.82. The highest BCUT2D eigenvalue weighted by Crippen LogP contribution is 2.26. The number of methoxy groups -OCH3 is 1. The van der Waals surface area contributed by atoms with Gasteiger partial charge in [0, 0.05) is 6.42 Å². The summed E-state index contributed by atoms with van der Waals surface area (Å²) in [5, 5.41) is 7.04. The van der Waals surface area contributed by atoms with E-state index in [-0.39, 0.29) is 0 Å². The summed E-state index contributed by atoms with van der Waals surface area (Å²) in [4.78, 5) is 4.36. The first-order valence-corrected chi connectivity index (χ1v) is 4.89. The van der Waals surface area contributed by atoms with Crippen molar-refractivity contribution in [1.29, 1.82) is 0 Å². The number of H-pyrrole nitrogens is 1. The second-order valence-corrected chi connectivity index (χ2v) is 3.16. The average Bonchev–Trinajstić information content (AvgIpc) is 2.77. The minimum Gasteiger partial charge on any atom is -0.496 e. The van der Waals surface area contributed by atoms with E-state index in [4.69, 9.17) is 4.74 Å². The summed E-state index contributed by atoms with van der Waals surface area (Å²) in [7, 11) is 1.65. The molecule has 0 atom stereocenters. The molecule has 2 aromatic rings. The lowest BCUT2D eigenvalue weighted by molar-refractivity contribution is 0.416. The molecule has 1 aromatic heterocycles. The van der Waals surface area contributed by atoms with Crippen molar-refractivity contribution >= 4 is 0 Å². The third kappa shape index (κ3) is 1.83. The van der Waals surface area contributed by atoms with Crippen molar-refractivity contribution < 1.29 is 4.74 Å². The van der Waals surface area contributed by atoms with Crippen molar-refractivity contribution in [3.8, 4) is 17.1 Å². The SMILES string of the molecule is CCc1nc(-c2ccccc2OC)n[nH]1. The van der Waals surface area contributed by atoms with E-state index in [0.717, 1.165) is 23.6 Å². The highest BCUT2D eigenvalue weighted by Gasteiger charge is 2.09. The van der Waals surface area contributed by atoms with Crippen LogP contribution in [0.15, 0.2) is 24.3 Å². The van der Waals surface area contributed by atoms with Crippen LogP contribution in [0.3, 0.4) is 0 Å². The molecule has 0 bridgehead atoms. The topological polar surface area (TPSA) is 50.8 Å². The molecule has 4 heteroatoms. The summed E-state index contributed by atoms with van der Waals surface area (Å²) < 4.78 is 5.25. The van der Waals surface area contributed by atoms with Crippen molar-refractivity contribution in [2.75, 3.05) is 7.11 Å². The van der Waals surface area contributed by atoms with Gasteiger partial charge in [0.25, 0.3) is 0 Å². The molecule has 0 saturated heterocycles. The Labute approximate surface area is 88.3 Å². The molecule has 1 aromatic carbocycles. The normalized spacial score (nSPS) is 10.3. The van der Waals surface area contributed by atoms with Gasteiger partial charge < -0.3 is 4.74 Å². The zero-order valence-corrected chi connectivity index (χ0v) is 8.82. The van der Waals surface area contributed by atoms with Crippen LogP contribution in [0.1, 0.15) is 12.7 Å². The first-order chi connectivity index (χ1) is 7.35. The zero-order chi connectivity index (χ0) is 10.7. The predicted molar refractivity (Wildman–Crippen MR) is 57.7 cm³/mol. The van der Waals surface area contributed by atoms with Gasteiger partial charge in [-0.2, -0.15) is 5.10 Å². The van der Waals surface area contributed by atoms with Gasteiger partial charge in [0.15, 0.2) is 5.82 Å². The van der Waals surface area contributed by atoms with E-state index < -0.39 is 0 Å². The molecule has 0 saturated carbocycles. The summed E-state index contributed by atoms with van der Waals surface area (Å²) in [6.07, 6.45) is 0.849. The van der Waals surface area contributed by atoms with Gasteiger partial charge in [0.2, 0.25) is 0 Å². The van der Waals surface area contributed by atoms with E-state index in [1.165, 1.54) is 0 Å². The molecule has 0 fully saturated rings. The number of benzene rings is 1. The van der Waals surface area contributed by atoms with Crippen molar-refractivity contribution in [3.63, 3.8) is 0 Å². The monoisotopic (exact) mass is 203 g/mol. The minimum absolute atomic E-state index is 0.685. The van der Waals surface area contributed by atoms with Gasteiger partial charge >= 0.3 is 0 Å². The molecule has 0 unspecified atom stereocenters. The molecular weight excluding hydrogens is 190 g/mol. The van der Waals surface area contributed by atoms with Crippen molar-refractivity contribution in [2.45, 2.75) is 13.3 Å². The number of ether oxygens (including phenoxy) is 1. The lowest BCUT2D eigenvalue weighted by Gasteiger charge is -2.03. The van der Waals surface area contributed by atoms with Gasteiger partial charge in [0.1, 0.15) is 11.6 Å². The number of rotatable bonds is 3. The fourth-order valence-electron chi connectivity index (χ4n) is 1.40. The summed E-state index contributed by atoms with van der Waals surface area (Å²) in [6, 6.07) is 7.72. The Kier molecular flexibility index (Phi) is 2.67. The Morgan fingerprint density at radius 1 is 1.33 bits per heavy atom. The second kappa shape index (κ2) is 4.13. The number of para-hydroxylation sites is 1. The smallest absolute Gasteiger partial charge is 0.184 e. The van der Waals surface area contributed by atoms with Crippen LogP contribution in [-0.2, 0) is 6.42 Å². The van der Waals surface area contributed by atoms with Gasteiger partial charge in [0.05, 0.1) is 12.7 Å². The highest BCUT2D eigenvalue weighted by molar-refractivity contribution is 5.63. The summed E-state index contributed by atoms with van der Waals surface area (Å²) >= 11 is 0. The number of aromatic nitrogens is 3. The first-order valence-electron chi connectivity index (χ1n) is 4.89. The second-order valence-electron chi connectivity index (χ2n) is 3.16. The minimum atomic E-state index is 0.685. The maximum atomic E-state index is 5.25. The molecule has 15 heavy (non-hydrogen) atoms. The Hall–Kier alpha value is -1.84. The van der Waals surface area contributed by atoms with Crippen LogP contribution in [0, 0.1) is 0 Å². The van der Waals surface area contributed by atoms with E-state index in [1.54, 1.807) is 7.11 Å². The van der Waals surface area contributed by atoms with Crippen molar-refractivity contribution in [2.24, 2.45) is 0 Å². The van der Waals surface area contributed by atoms with Gasteiger partial charge in [-0.15, -0.1) is 0 Å². The van der Waals surface area contributed by atoms with Crippen molar-refractivity contribution in [1.82, 2.24) is 15.2 Å². The average molecular weight is 203 g/mol. The fourth-order valence-corrected chi connectivity index (χ4v) is 1.40. The first kappa shape index (κ1) is 9.71. The largest absolute Gasteiger partial charge is 0.496 e. The molecule has 0 spiro atoms. The molecule has 0 aliphatic rings. The fraction of sp³-hybridized carbons (Fsp3) is 0.273. The molecule has 78 valence electrons. The lowest BCUT2D eigenvalue weighted by Crippen LogP contribution is -1.88. The van der Waals surface area contributed by atoms with Gasteiger partial charge in [-0.1, -0.05) is 19.1 Å². The van der Waals surface area contributed by atoms with Crippen LogP contribution < -0.4 is 4.74 Å². The molecule has 0 amide bonds. The molecule has 4 nitrogen and oxygen atoms in total.